The number of Topliss-reactive ketones (excluding diaryl/α,β-unsaturated/α-hetero) is 1. The Kier molecular flexibility index (Phi) is 11.3. The van der Waals surface area contributed by atoms with E-state index in [4.69, 9.17) is 10.5 Å². The maximum Gasteiger partial charge on any atom is 0.323 e. The van der Waals surface area contributed by atoms with Gasteiger partial charge in [0, 0.05) is 6.42 Å². The summed E-state index contributed by atoms with van der Waals surface area (Å²) in [6, 6.07) is 8.30. The van der Waals surface area contributed by atoms with Gasteiger partial charge in [-0.2, -0.15) is 0 Å². The van der Waals surface area contributed by atoms with Crippen molar-refractivity contribution in [3.63, 3.8) is 0 Å². The fourth-order valence-corrected chi connectivity index (χ4v) is 6.13. The molecular weight excluding hydrogens is 488 g/mol. The summed E-state index contributed by atoms with van der Waals surface area (Å²) in [7, 11) is 0. The highest BCUT2D eigenvalue weighted by Gasteiger charge is 2.42. The van der Waals surface area contributed by atoms with Crippen LogP contribution in [0.25, 0.3) is 0 Å². The molecule has 0 amide bonds. The fraction of sp³-hybridized carbons (Fsp3) is 0.690. The number of esters is 1. The van der Waals surface area contributed by atoms with Gasteiger partial charge in [-0.05, 0) is 68.8 Å². The number of aliphatic hydroxyl groups is 2. The molecule has 6 atom stereocenters. The lowest BCUT2D eigenvalue weighted by Crippen LogP contribution is -2.53. The number of aryl methyl sites for hydroxylation is 1. The average Bonchev–Trinajstić information content (AvgIpc) is 3.41. The van der Waals surface area contributed by atoms with Crippen molar-refractivity contribution in [1.29, 1.82) is 0 Å². The van der Waals surface area contributed by atoms with Gasteiger partial charge in [0.1, 0.15) is 18.4 Å². The number of rotatable bonds is 15. The van der Waals surface area contributed by atoms with Crippen molar-refractivity contribution in [3.05, 3.63) is 35.9 Å². The number of nitrogens with two attached hydrogens (primary N) is 1. The topological polar surface area (TPSA) is 159 Å². The minimum atomic E-state index is -1.44. The Morgan fingerprint density at radius 1 is 1.13 bits per heavy atom. The predicted octanol–water partition coefficient (Wildman–Crippen LogP) is 2.07. The Hall–Kier alpha value is -2.33. The molecule has 38 heavy (non-hydrogen) atoms. The Bertz CT molecular complexity index is 921. The lowest BCUT2D eigenvalue weighted by atomic mass is 9.67. The van der Waals surface area contributed by atoms with Gasteiger partial charge in [-0.15, -0.1) is 0 Å². The summed E-state index contributed by atoms with van der Waals surface area (Å²) < 4.78 is 5.34. The fourth-order valence-electron chi connectivity index (χ4n) is 6.13. The van der Waals surface area contributed by atoms with Gasteiger partial charge in [-0.1, -0.05) is 43.2 Å². The summed E-state index contributed by atoms with van der Waals surface area (Å²) in [5.41, 5.74) is 5.45. The van der Waals surface area contributed by atoms with E-state index in [1.54, 1.807) is 6.92 Å². The van der Waals surface area contributed by atoms with E-state index in [1.165, 1.54) is 0 Å². The van der Waals surface area contributed by atoms with E-state index in [0.717, 1.165) is 31.2 Å². The van der Waals surface area contributed by atoms with Crippen LogP contribution in [0, 0.1) is 23.7 Å². The highest BCUT2D eigenvalue weighted by atomic mass is 16.5. The summed E-state index contributed by atoms with van der Waals surface area (Å²) >= 11 is 0. The molecule has 0 saturated heterocycles. The highest BCUT2D eigenvalue weighted by Crippen LogP contribution is 2.49. The monoisotopic (exact) mass is 532 g/mol. The zero-order valence-electron chi connectivity index (χ0n) is 22.4. The molecule has 212 valence electrons. The minimum Gasteiger partial charge on any atom is -0.481 e. The van der Waals surface area contributed by atoms with E-state index in [9.17, 15) is 29.7 Å². The number of benzene rings is 1. The van der Waals surface area contributed by atoms with Crippen LogP contribution in [0.1, 0.15) is 63.9 Å². The summed E-state index contributed by atoms with van der Waals surface area (Å²) in [4.78, 5) is 37.8. The van der Waals surface area contributed by atoms with Crippen LogP contribution in [0.5, 0.6) is 0 Å². The molecule has 0 bridgehead atoms. The molecule has 6 N–H and O–H groups in total. The Balaban J connectivity index is 1.59. The van der Waals surface area contributed by atoms with Gasteiger partial charge < -0.3 is 25.8 Å². The lowest BCUT2D eigenvalue weighted by Gasteiger charge is -2.37. The zero-order valence-corrected chi connectivity index (χ0v) is 22.4. The van der Waals surface area contributed by atoms with Crippen molar-refractivity contribution >= 4 is 17.7 Å². The van der Waals surface area contributed by atoms with E-state index in [0.29, 0.717) is 43.9 Å². The third-order valence-electron chi connectivity index (χ3n) is 8.52. The molecule has 0 radical (unpaired) electrons. The molecule has 0 aliphatic heterocycles. The number of fused-ring (bicyclic) bond motifs is 1. The summed E-state index contributed by atoms with van der Waals surface area (Å²) in [6.45, 7) is 0.303. The SMILES string of the molecule is C[C@H](N[C@@H](CCc1ccccc1)C(=O)OCC(N)(CO)CO)C(=O)CCC1CC(C(=O)O)C[C@@H]2CCC[C@H]12. The molecule has 1 aromatic carbocycles. The van der Waals surface area contributed by atoms with E-state index in [1.807, 2.05) is 30.3 Å². The van der Waals surface area contributed by atoms with Crippen molar-refractivity contribution in [3.8, 4) is 0 Å². The van der Waals surface area contributed by atoms with Crippen LogP contribution >= 0.6 is 0 Å². The number of hydrogen-bond acceptors (Lipinski definition) is 8. The first-order valence-corrected chi connectivity index (χ1v) is 13.9. The molecular formula is C29H44N2O7. The molecule has 2 fully saturated rings. The predicted molar refractivity (Wildman–Crippen MR) is 142 cm³/mol. The summed E-state index contributed by atoms with van der Waals surface area (Å²) in [6.07, 6.45) is 6.69. The first-order chi connectivity index (χ1) is 18.2. The van der Waals surface area contributed by atoms with Gasteiger partial charge >= 0.3 is 11.9 Å². The lowest BCUT2D eigenvalue weighted by molar-refractivity contribution is -0.149. The molecule has 9 nitrogen and oxygen atoms in total. The smallest absolute Gasteiger partial charge is 0.323 e. The van der Waals surface area contributed by atoms with Crippen molar-refractivity contribution < 1.29 is 34.4 Å². The van der Waals surface area contributed by atoms with Gasteiger partial charge in [-0.25, -0.2) is 0 Å². The van der Waals surface area contributed by atoms with Gasteiger partial charge in [0.25, 0.3) is 0 Å². The maximum absolute atomic E-state index is 13.1. The number of hydrogen-bond donors (Lipinski definition) is 5. The second-order valence-corrected chi connectivity index (χ2v) is 11.4. The van der Waals surface area contributed by atoms with Crippen LogP contribution in [0.2, 0.25) is 0 Å². The number of ketones is 1. The molecule has 3 rings (SSSR count). The Labute approximate surface area is 225 Å². The van der Waals surface area contributed by atoms with Crippen molar-refractivity contribution in [2.45, 2.75) is 82.3 Å². The van der Waals surface area contributed by atoms with Gasteiger partial charge in [0.05, 0.1) is 30.7 Å². The first kappa shape index (κ1) is 30.2. The molecule has 9 heteroatoms. The van der Waals surface area contributed by atoms with E-state index >= 15 is 0 Å². The molecule has 0 spiro atoms. The summed E-state index contributed by atoms with van der Waals surface area (Å²) in [5.74, 6) is -0.479. The number of carboxylic acid groups (broad SMARTS) is 1. The number of carboxylic acids is 1. The maximum atomic E-state index is 13.1. The van der Waals surface area contributed by atoms with Crippen LogP contribution in [0.15, 0.2) is 30.3 Å². The third kappa shape index (κ3) is 8.33. The second kappa shape index (κ2) is 14.2. The van der Waals surface area contributed by atoms with Gasteiger partial charge in [-0.3, -0.25) is 19.7 Å². The van der Waals surface area contributed by atoms with Crippen molar-refractivity contribution in [2.75, 3.05) is 19.8 Å². The van der Waals surface area contributed by atoms with Gasteiger partial charge in [0.15, 0.2) is 0 Å². The molecule has 2 aliphatic rings. The molecule has 2 saturated carbocycles. The van der Waals surface area contributed by atoms with E-state index in [-0.39, 0.29) is 24.2 Å². The molecule has 2 aliphatic carbocycles. The first-order valence-electron chi connectivity index (χ1n) is 13.9. The van der Waals surface area contributed by atoms with E-state index < -0.39 is 42.8 Å². The van der Waals surface area contributed by atoms with Crippen molar-refractivity contribution in [2.24, 2.45) is 29.4 Å². The number of ether oxygens (including phenoxy) is 1. The molecule has 0 aromatic heterocycles. The van der Waals surface area contributed by atoms with Crippen molar-refractivity contribution in [1.82, 2.24) is 5.32 Å². The number of carbonyl (C=O) groups is 3. The number of aliphatic hydroxyl groups excluding tert-OH is 2. The molecule has 2 unspecified atom stereocenters. The van der Waals surface area contributed by atoms with Crippen LogP contribution < -0.4 is 11.1 Å². The minimum absolute atomic E-state index is 0.0200. The highest BCUT2D eigenvalue weighted by molar-refractivity contribution is 5.85. The third-order valence-corrected chi connectivity index (χ3v) is 8.52. The Morgan fingerprint density at radius 3 is 2.50 bits per heavy atom. The number of nitrogens with one attached hydrogen (secondary N) is 1. The Morgan fingerprint density at radius 2 is 1.84 bits per heavy atom. The number of carbonyl (C=O) groups excluding carboxylic acids is 2. The average molecular weight is 533 g/mol. The largest absolute Gasteiger partial charge is 0.481 e. The second-order valence-electron chi connectivity index (χ2n) is 11.4. The molecule has 0 heterocycles. The molecule has 1 aromatic rings. The van der Waals surface area contributed by atoms with Crippen LogP contribution in [0.3, 0.4) is 0 Å². The van der Waals surface area contributed by atoms with Crippen LogP contribution in [-0.4, -0.2) is 70.5 Å². The normalized spacial score (nSPS) is 24.8. The van der Waals surface area contributed by atoms with Crippen LogP contribution in [0.4, 0.5) is 0 Å². The number of aliphatic carboxylic acids is 1. The van der Waals surface area contributed by atoms with E-state index in [2.05, 4.69) is 5.32 Å². The standard InChI is InChI=1S/C29H44N2O7/c1-19(26(34)13-11-22-15-23(27(35)36)14-21-8-5-9-24(21)22)31-25(12-10-20-6-3-2-4-7-20)28(37)38-18-29(30,16-32)17-33/h2-4,6-7,19,21-25,31-33H,5,8-18,30H2,1H3,(H,35,36)/t19-,21-,22?,23?,24-,25-/m0/s1. The van der Waals surface area contributed by atoms with Crippen LogP contribution in [-0.2, 0) is 25.5 Å². The quantitative estimate of drug-likeness (QED) is 0.213. The summed E-state index contributed by atoms with van der Waals surface area (Å²) in [5, 5.41) is 31.5. The zero-order chi connectivity index (χ0) is 27.7. The van der Waals surface area contributed by atoms with Gasteiger partial charge in [0.2, 0.25) is 0 Å².